The van der Waals surface area contributed by atoms with E-state index in [2.05, 4.69) is 10.3 Å². The Kier molecular flexibility index (Phi) is 6.33. The van der Waals surface area contributed by atoms with Crippen molar-refractivity contribution in [1.82, 2.24) is 10.0 Å². The second kappa shape index (κ2) is 9.29. The van der Waals surface area contributed by atoms with Crippen LogP contribution in [0.3, 0.4) is 0 Å². The monoisotopic (exact) mass is 376 g/mol. The molecule has 0 unspecified atom stereocenters. The number of benzene rings is 2. The van der Waals surface area contributed by atoms with Crippen LogP contribution in [0.1, 0.15) is 21.5 Å². The number of nitrogens with one attached hydrogen (secondary N) is 1. The summed E-state index contributed by atoms with van der Waals surface area (Å²) >= 11 is 0. The van der Waals surface area contributed by atoms with Crippen molar-refractivity contribution in [3.63, 3.8) is 0 Å². The molecular weight excluding hydrogens is 356 g/mol. The second-order valence-electron chi connectivity index (χ2n) is 6.05. The zero-order valence-electron chi connectivity index (χ0n) is 15.1. The van der Waals surface area contributed by atoms with E-state index in [1.54, 1.807) is 67.0 Å². The van der Waals surface area contributed by atoms with Crippen molar-refractivity contribution >= 4 is 23.7 Å². The quantitative estimate of drug-likeness (QED) is 0.358. The molecule has 0 fully saturated rings. The molecule has 3 N–H and O–H groups in total. The van der Waals surface area contributed by atoms with E-state index in [0.29, 0.717) is 23.3 Å². The van der Waals surface area contributed by atoms with E-state index in [4.69, 9.17) is 10.6 Å². The molecular formula is C21H20N4O3. The standard InChI is InChI=1S/C21H20N4O3/c22-19-5-1-2-6-20(19)24-21(27)18-9-7-16(8-10-18)13-25(15-26)28-14-17-4-3-11-23-12-17/h1-12,15H,13-14,22H2,(H,24,27). The Morgan fingerprint density at radius 2 is 1.86 bits per heavy atom. The van der Waals surface area contributed by atoms with Crippen LogP contribution >= 0.6 is 0 Å². The second-order valence-corrected chi connectivity index (χ2v) is 6.05. The molecule has 1 aromatic heterocycles. The maximum absolute atomic E-state index is 12.4. The summed E-state index contributed by atoms with van der Waals surface area (Å²) in [6.07, 6.45) is 3.97. The van der Waals surface area contributed by atoms with Gasteiger partial charge in [0.2, 0.25) is 6.41 Å². The molecule has 2 amide bonds. The molecule has 0 bridgehead atoms. The number of hydrogen-bond donors (Lipinski definition) is 2. The maximum atomic E-state index is 12.4. The Balaban J connectivity index is 1.57. The number of rotatable bonds is 8. The summed E-state index contributed by atoms with van der Waals surface area (Å²) in [6.45, 7) is 0.503. The van der Waals surface area contributed by atoms with Crippen LogP contribution < -0.4 is 11.1 Å². The van der Waals surface area contributed by atoms with Crippen molar-refractivity contribution in [2.75, 3.05) is 11.1 Å². The number of amides is 2. The SMILES string of the molecule is Nc1ccccc1NC(=O)c1ccc(CN(C=O)OCc2cccnc2)cc1. The highest BCUT2D eigenvalue weighted by molar-refractivity contribution is 6.05. The van der Waals surface area contributed by atoms with Gasteiger partial charge < -0.3 is 11.1 Å². The number of carbonyl (C=O) groups excluding carboxylic acids is 2. The Morgan fingerprint density at radius 1 is 1.07 bits per heavy atom. The van der Waals surface area contributed by atoms with Crippen molar-refractivity contribution in [1.29, 1.82) is 0 Å². The van der Waals surface area contributed by atoms with E-state index in [1.165, 1.54) is 5.06 Å². The number of anilines is 2. The van der Waals surface area contributed by atoms with Gasteiger partial charge in [0.05, 0.1) is 17.9 Å². The first-order chi connectivity index (χ1) is 13.7. The van der Waals surface area contributed by atoms with Gasteiger partial charge in [0.1, 0.15) is 6.61 Å². The third kappa shape index (κ3) is 5.15. The topological polar surface area (TPSA) is 97.6 Å². The maximum Gasteiger partial charge on any atom is 0.255 e. The van der Waals surface area contributed by atoms with Crippen LogP contribution in [0.15, 0.2) is 73.1 Å². The van der Waals surface area contributed by atoms with Crippen LogP contribution in [0.5, 0.6) is 0 Å². The van der Waals surface area contributed by atoms with Gasteiger partial charge >= 0.3 is 0 Å². The number of pyridine rings is 1. The lowest BCUT2D eigenvalue weighted by Gasteiger charge is -2.17. The fraction of sp³-hybridized carbons (Fsp3) is 0.0952. The lowest BCUT2D eigenvalue weighted by atomic mass is 10.1. The summed E-state index contributed by atoms with van der Waals surface area (Å²) < 4.78 is 0. The van der Waals surface area contributed by atoms with Gasteiger partial charge in [-0.05, 0) is 41.5 Å². The zero-order chi connectivity index (χ0) is 19.8. The van der Waals surface area contributed by atoms with Crippen LogP contribution in [-0.2, 0) is 22.8 Å². The summed E-state index contributed by atoms with van der Waals surface area (Å²) in [4.78, 5) is 33.1. The normalized spacial score (nSPS) is 10.3. The van der Waals surface area contributed by atoms with Gasteiger partial charge in [-0.1, -0.05) is 30.3 Å². The predicted molar refractivity (Wildman–Crippen MR) is 106 cm³/mol. The Morgan fingerprint density at radius 3 is 2.54 bits per heavy atom. The fourth-order valence-electron chi connectivity index (χ4n) is 2.50. The van der Waals surface area contributed by atoms with Crippen LogP contribution in [0.4, 0.5) is 11.4 Å². The van der Waals surface area contributed by atoms with E-state index in [1.807, 2.05) is 6.07 Å². The molecule has 0 aliphatic rings. The number of carbonyl (C=O) groups is 2. The Hall–Kier alpha value is -3.71. The van der Waals surface area contributed by atoms with Crippen LogP contribution in [0.2, 0.25) is 0 Å². The van der Waals surface area contributed by atoms with Gasteiger partial charge in [0.25, 0.3) is 5.91 Å². The minimum Gasteiger partial charge on any atom is -0.397 e. The summed E-state index contributed by atoms with van der Waals surface area (Å²) in [5.74, 6) is -0.260. The van der Waals surface area contributed by atoms with Crippen LogP contribution in [-0.4, -0.2) is 22.4 Å². The van der Waals surface area contributed by atoms with Crippen LogP contribution in [0.25, 0.3) is 0 Å². The van der Waals surface area contributed by atoms with Crippen molar-refractivity contribution in [3.8, 4) is 0 Å². The van der Waals surface area contributed by atoms with Gasteiger partial charge in [-0.2, -0.15) is 0 Å². The zero-order valence-corrected chi connectivity index (χ0v) is 15.1. The van der Waals surface area contributed by atoms with Gasteiger partial charge in [0, 0.05) is 18.0 Å². The molecule has 28 heavy (non-hydrogen) atoms. The van der Waals surface area contributed by atoms with E-state index in [-0.39, 0.29) is 19.1 Å². The molecule has 0 radical (unpaired) electrons. The van der Waals surface area contributed by atoms with Gasteiger partial charge in [-0.25, -0.2) is 5.06 Å². The summed E-state index contributed by atoms with van der Waals surface area (Å²) in [7, 11) is 0. The highest BCUT2D eigenvalue weighted by Crippen LogP contribution is 2.18. The molecule has 3 aromatic rings. The van der Waals surface area contributed by atoms with Crippen molar-refractivity contribution < 1.29 is 14.4 Å². The molecule has 7 heteroatoms. The van der Waals surface area contributed by atoms with E-state index in [0.717, 1.165) is 11.1 Å². The lowest BCUT2D eigenvalue weighted by molar-refractivity contribution is -0.181. The number of hydroxylamine groups is 2. The third-order valence-electron chi connectivity index (χ3n) is 4.00. The average molecular weight is 376 g/mol. The van der Waals surface area contributed by atoms with Gasteiger partial charge in [-0.3, -0.25) is 19.4 Å². The molecule has 0 atom stereocenters. The summed E-state index contributed by atoms with van der Waals surface area (Å²) in [5, 5.41) is 3.98. The molecule has 7 nitrogen and oxygen atoms in total. The highest BCUT2D eigenvalue weighted by Gasteiger charge is 2.09. The van der Waals surface area contributed by atoms with Crippen molar-refractivity contribution in [3.05, 3.63) is 89.7 Å². The fourth-order valence-corrected chi connectivity index (χ4v) is 2.50. The smallest absolute Gasteiger partial charge is 0.255 e. The van der Waals surface area contributed by atoms with Crippen molar-refractivity contribution in [2.24, 2.45) is 0 Å². The number of hydrogen-bond acceptors (Lipinski definition) is 5. The molecule has 0 spiro atoms. The largest absolute Gasteiger partial charge is 0.397 e. The Labute approximate surface area is 162 Å². The van der Waals surface area contributed by atoms with E-state index >= 15 is 0 Å². The van der Waals surface area contributed by atoms with Crippen LogP contribution in [0, 0.1) is 0 Å². The van der Waals surface area contributed by atoms with E-state index < -0.39 is 0 Å². The molecule has 2 aromatic carbocycles. The molecule has 1 heterocycles. The predicted octanol–water partition coefficient (Wildman–Crippen LogP) is 3.01. The van der Waals surface area contributed by atoms with Crippen molar-refractivity contribution in [2.45, 2.75) is 13.2 Å². The average Bonchev–Trinajstić information content (AvgIpc) is 2.74. The molecule has 142 valence electrons. The molecule has 3 rings (SSSR count). The highest BCUT2D eigenvalue weighted by atomic mass is 16.7. The first-order valence-corrected chi connectivity index (χ1v) is 8.64. The number of nitrogens with two attached hydrogens (primary N) is 1. The number of aromatic nitrogens is 1. The molecule has 0 saturated carbocycles. The number of nitrogens with zero attached hydrogens (tertiary/aromatic N) is 2. The first kappa shape index (κ1) is 19.1. The summed E-state index contributed by atoms with van der Waals surface area (Å²) in [5.41, 5.74) is 9.08. The molecule has 0 saturated heterocycles. The lowest BCUT2D eigenvalue weighted by Crippen LogP contribution is -2.22. The van der Waals surface area contributed by atoms with Gasteiger partial charge in [-0.15, -0.1) is 0 Å². The minimum absolute atomic E-state index is 0.242. The Bertz CT molecular complexity index is 930. The summed E-state index contributed by atoms with van der Waals surface area (Å²) in [6, 6.07) is 17.6. The minimum atomic E-state index is -0.260. The number of nitrogen functional groups attached to an aromatic ring is 1. The molecule has 0 aliphatic carbocycles. The van der Waals surface area contributed by atoms with E-state index in [9.17, 15) is 9.59 Å². The number of para-hydroxylation sites is 2. The first-order valence-electron chi connectivity index (χ1n) is 8.64. The van der Waals surface area contributed by atoms with Gasteiger partial charge in [0.15, 0.2) is 0 Å². The molecule has 0 aliphatic heterocycles. The third-order valence-corrected chi connectivity index (χ3v) is 4.00.